The van der Waals surface area contributed by atoms with Crippen molar-refractivity contribution in [2.45, 2.75) is 83.7 Å². The van der Waals surface area contributed by atoms with Crippen LogP contribution in [0.1, 0.15) is 65.2 Å². The molecule has 1 heterocycles. The van der Waals surface area contributed by atoms with Gasteiger partial charge in [0.25, 0.3) is 0 Å². The van der Waals surface area contributed by atoms with Gasteiger partial charge in [0.15, 0.2) is 6.29 Å². The largest absolute Gasteiger partial charge is 0.393 e. The zero-order valence-corrected chi connectivity index (χ0v) is 15.5. The molecule has 2 bridgehead atoms. The standard InChI is InChI=1S/C21H32O4/c1-11(22)15-5-6-16-14-4-3-12-9-13(23)7-8-20(12,2)18(14)17-10-21(15,16)19(24)25-17/h12-19,23-24H,3-10H2,1-2H3/t12?,13?,14-,15+,16-,17?,18+,19?,20-,21-/m0/s1. The van der Waals surface area contributed by atoms with Crippen molar-refractivity contribution in [1.82, 2.24) is 0 Å². The molecular weight excluding hydrogens is 316 g/mol. The van der Waals surface area contributed by atoms with Gasteiger partial charge in [0.2, 0.25) is 0 Å². The number of ketones is 1. The first-order valence-corrected chi connectivity index (χ1v) is 10.4. The summed E-state index contributed by atoms with van der Waals surface area (Å²) in [5, 5.41) is 21.1. The Morgan fingerprint density at radius 3 is 2.68 bits per heavy atom. The van der Waals surface area contributed by atoms with Gasteiger partial charge in [-0.25, -0.2) is 0 Å². The van der Waals surface area contributed by atoms with E-state index < -0.39 is 6.29 Å². The Labute approximate surface area is 150 Å². The van der Waals surface area contributed by atoms with E-state index in [0.717, 1.165) is 38.5 Å². The lowest BCUT2D eigenvalue weighted by molar-refractivity contribution is -0.161. The molecule has 0 aromatic carbocycles. The molecule has 0 amide bonds. The van der Waals surface area contributed by atoms with Crippen LogP contribution in [0.5, 0.6) is 0 Å². The van der Waals surface area contributed by atoms with Gasteiger partial charge < -0.3 is 14.9 Å². The third kappa shape index (κ3) is 1.97. The smallest absolute Gasteiger partial charge is 0.161 e. The number of ether oxygens (including phenoxy) is 1. The van der Waals surface area contributed by atoms with Crippen LogP contribution in [0.4, 0.5) is 0 Å². The van der Waals surface area contributed by atoms with Gasteiger partial charge in [-0.1, -0.05) is 6.92 Å². The summed E-state index contributed by atoms with van der Waals surface area (Å²) >= 11 is 0. The number of Topliss-reactive ketones (excluding diaryl/α,β-unsaturated/α-hetero) is 1. The number of aliphatic hydroxyl groups is 2. The molecule has 10 atom stereocenters. The third-order valence-corrected chi connectivity index (χ3v) is 9.41. The van der Waals surface area contributed by atoms with Crippen molar-refractivity contribution in [3.8, 4) is 0 Å². The predicted molar refractivity (Wildman–Crippen MR) is 92.5 cm³/mol. The fourth-order valence-corrected chi connectivity index (χ4v) is 8.48. The van der Waals surface area contributed by atoms with Crippen LogP contribution in [-0.4, -0.2) is 34.5 Å². The molecule has 2 N–H and O–H groups in total. The highest BCUT2D eigenvalue weighted by molar-refractivity contribution is 5.80. The highest BCUT2D eigenvalue weighted by atomic mass is 16.6. The molecule has 4 aliphatic carbocycles. The third-order valence-electron chi connectivity index (χ3n) is 9.41. The Balaban J connectivity index is 1.55. The fourth-order valence-electron chi connectivity index (χ4n) is 8.48. The van der Waals surface area contributed by atoms with E-state index in [-0.39, 0.29) is 34.7 Å². The van der Waals surface area contributed by atoms with Gasteiger partial charge in [0.05, 0.1) is 12.2 Å². The van der Waals surface area contributed by atoms with Crippen LogP contribution in [0.25, 0.3) is 0 Å². The second-order valence-electron chi connectivity index (χ2n) is 10.1. The maximum absolute atomic E-state index is 12.3. The summed E-state index contributed by atoms with van der Waals surface area (Å²) in [5.41, 5.74) is -0.0909. The summed E-state index contributed by atoms with van der Waals surface area (Å²) in [6.07, 6.45) is 7.34. The normalized spacial score (nSPS) is 59.8. The molecule has 140 valence electrons. The lowest BCUT2D eigenvalue weighted by atomic mass is 9.44. The minimum atomic E-state index is -0.763. The van der Waals surface area contributed by atoms with Crippen LogP contribution in [0.3, 0.4) is 0 Å². The molecular formula is C21H32O4. The van der Waals surface area contributed by atoms with E-state index in [4.69, 9.17) is 4.74 Å². The zero-order chi connectivity index (χ0) is 17.6. The second kappa shape index (κ2) is 5.30. The van der Waals surface area contributed by atoms with Crippen LogP contribution in [0.2, 0.25) is 0 Å². The first kappa shape index (κ1) is 16.7. The first-order valence-electron chi connectivity index (χ1n) is 10.4. The van der Waals surface area contributed by atoms with Crippen molar-refractivity contribution in [3.63, 3.8) is 0 Å². The molecule has 4 heteroatoms. The Bertz CT molecular complexity index is 590. The van der Waals surface area contributed by atoms with Crippen LogP contribution in [0, 0.1) is 40.4 Å². The predicted octanol–water partition coefficient (Wildman–Crippen LogP) is 2.90. The van der Waals surface area contributed by atoms with Crippen molar-refractivity contribution < 1.29 is 19.7 Å². The van der Waals surface area contributed by atoms with Crippen molar-refractivity contribution >= 4 is 5.78 Å². The number of hydrogen-bond donors (Lipinski definition) is 2. The van der Waals surface area contributed by atoms with Crippen molar-refractivity contribution in [3.05, 3.63) is 0 Å². The minimum absolute atomic E-state index is 0.0165. The second-order valence-corrected chi connectivity index (χ2v) is 10.1. The molecule has 5 fully saturated rings. The Hall–Kier alpha value is -0.450. The van der Waals surface area contributed by atoms with Gasteiger partial charge in [0, 0.05) is 11.3 Å². The lowest BCUT2D eigenvalue weighted by Crippen LogP contribution is -2.57. The molecule has 1 saturated heterocycles. The van der Waals surface area contributed by atoms with Gasteiger partial charge in [-0.05, 0) is 87.4 Å². The highest BCUT2D eigenvalue weighted by Crippen LogP contribution is 2.71. The van der Waals surface area contributed by atoms with Crippen LogP contribution < -0.4 is 0 Å². The summed E-state index contributed by atoms with van der Waals surface area (Å²) in [6, 6.07) is 0. The van der Waals surface area contributed by atoms with Crippen molar-refractivity contribution in [2.75, 3.05) is 0 Å². The van der Waals surface area contributed by atoms with E-state index in [1.165, 1.54) is 12.8 Å². The topological polar surface area (TPSA) is 66.8 Å². The van der Waals surface area contributed by atoms with E-state index in [9.17, 15) is 15.0 Å². The maximum atomic E-state index is 12.3. The number of aliphatic hydroxyl groups excluding tert-OH is 2. The summed E-state index contributed by atoms with van der Waals surface area (Å²) in [4.78, 5) is 12.3. The quantitative estimate of drug-likeness (QED) is 0.765. The van der Waals surface area contributed by atoms with E-state index in [1.807, 2.05) is 0 Å². The minimum Gasteiger partial charge on any atom is -0.393 e. The van der Waals surface area contributed by atoms with Gasteiger partial charge in [-0.2, -0.15) is 0 Å². The average molecular weight is 348 g/mol. The molecule has 25 heavy (non-hydrogen) atoms. The molecule has 5 aliphatic rings. The maximum Gasteiger partial charge on any atom is 0.161 e. The van der Waals surface area contributed by atoms with Gasteiger partial charge in [-0.15, -0.1) is 0 Å². The van der Waals surface area contributed by atoms with Crippen LogP contribution in [-0.2, 0) is 9.53 Å². The van der Waals surface area contributed by atoms with Gasteiger partial charge in [0.1, 0.15) is 5.78 Å². The van der Waals surface area contributed by atoms with Gasteiger partial charge >= 0.3 is 0 Å². The fraction of sp³-hybridized carbons (Fsp3) is 0.952. The Morgan fingerprint density at radius 2 is 1.92 bits per heavy atom. The molecule has 4 nitrogen and oxygen atoms in total. The molecule has 5 rings (SSSR count). The summed E-state index contributed by atoms with van der Waals surface area (Å²) < 4.78 is 6.22. The summed E-state index contributed by atoms with van der Waals surface area (Å²) in [5.74, 6) is 2.31. The van der Waals surface area contributed by atoms with E-state index in [0.29, 0.717) is 23.7 Å². The van der Waals surface area contributed by atoms with Crippen molar-refractivity contribution in [2.24, 2.45) is 40.4 Å². The van der Waals surface area contributed by atoms with E-state index in [2.05, 4.69) is 6.92 Å². The molecule has 4 unspecified atom stereocenters. The number of carbonyl (C=O) groups is 1. The highest BCUT2D eigenvalue weighted by Gasteiger charge is 2.71. The SMILES string of the molecule is CC(=O)[C@H]1CC[C@H]2[C@@H]3CCC4CC(O)CC[C@]4(C)[C@H]3C3C[C@]12C(O)O3. The van der Waals surface area contributed by atoms with Crippen LogP contribution in [0.15, 0.2) is 0 Å². The molecule has 1 aliphatic heterocycles. The van der Waals surface area contributed by atoms with E-state index in [1.54, 1.807) is 6.92 Å². The molecule has 4 saturated carbocycles. The lowest BCUT2D eigenvalue weighted by Gasteiger charge is -2.60. The Kier molecular flexibility index (Phi) is 3.54. The summed E-state index contributed by atoms with van der Waals surface area (Å²) in [6.45, 7) is 4.13. The molecule has 0 aromatic rings. The van der Waals surface area contributed by atoms with E-state index >= 15 is 0 Å². The number of carbonyl (C=O) groups excluding carboxylic acids is 1. The van der Waals surface area contributed by atoms with Crippen molar-refractivity contribution in [1.29, 1.82) is 0 Å². The number of hydrogen-bond acceptors (Lipinski definition) is 4. The summed E-state index contributed by atoms with van der Waals surface area (Å²) in [7, 11) is 0. The molecule has 0 aromatic heterocycles. The first-order chi connectivity index (χ1) is 11.9. The monoisotopic (exact) mass is 348 g/mol. The number of fused-ring (bicyclic) bond motifs is 6. The van der Waals surface area contributed by atoms with Gasteiger partial charge in [-0.3, -0.25) is 4.79 Å². The molecule has 1 spiro atoms. The molecule has 0 radical (unpaired) electrons. The van der Waals surface area contributed by atoms with Crippen LogP contribution >= 0.6 is 0 Å². The average Bonchev–Trinajstić information content (AvgIpc) is 3.08. The zero-order valence-electron chi connectivity index (χ0n) is 15.5. The number of rotatable bonds is 1. The Morgan fingerprint density at radius 1 is 1.12 bits per heavy atom.